The first-order valence-corrected chi connectivity index (χ1v) is 12.7. The van der Waals surface area contributed by atoms with Gasteiger partial charge in [0.2, 0.25) is 5.91 Å². The van der Waals surface area contributed by atoms with E-state index in [-0.39, 0.29) is 18.4 Å². The third-order valence-electron chi connectivity index (χ3n) is 6.80. The Hall–Kier alpha value is -3.30. The first-order valence-electron chi connectivity index (χ1n) is 12.7. The molecule has 36 heavy (non-hydrogen) atoms. The fourth-order valence-corrected chi connectivity index (χ4v) is 5.12. The third kappa shape index (κ3) is 5.57. The molecule has 1 unspecified atom stereocenters. The van der Waals surface area contributed by atoms with Crippen LogP contribution < -0.4 is 5.32 Å². The van der Waals surface area contributed by atoms with E-state index < -0.39 is 0 Å². The summed E-state index contributed by atoms with van der Waals surface area (Å²) < 4.78 is 7.01. The van der Waals surface area contributed by atoms with E-state index in [1.54, 1.807) is 18.5 Å². The average molecular weight is 493 g/mol. The number of carbonyl (C=O) groups excluding carboxylic acids is 2. The molecule has 0 bridgehead atoms. The van der Waals surface area contributed by atoms with E-state index in [9.17, 15) is 9.59 Å². The van der Waals surface area contributed by atoms with Gasteiger partial charge >= 0.3 is 0 Å². The molecule has 1 fully saturated rings. The lowest BCUT2D eigenvalue weighted by Crippen LogP contribution is -2.41. The summed E-state index contributed by atoms with van der Waals surface area (Å²) in [5.41, 5.74) is 3.33. The number of hydrogen-bond donors (Lipinski definition) is 1. The fourth-order valence-electron chi connectivity index (χ4n) is 5.12. The van der Waals surface area contributed by atoms with Gasteiger partial charge < -0.3 is 24.4 Å². The van der Waals surface area contributed by atoms with Gasteiger partial charge in [0.15, 0.2) is 0 Å². The van der Waals surface area contributed by atoms with Crippen molar-refractivity contribution >= 4 is 28.5 Å². The summed E-state index contributed by atoms with van der Waals surface area (Å²) in [6, 6.07) is 7.40. The van der Waals surface area contributed by atoms with Crippen LogP contribution in [0.2, 0.25) is 0 Å². The van der Waals surface area contributed by atoms with E-state index in [1.165, 1.54) is 7.11 Å². The number of amides is 2. The lowest BCUT2D eigenvalue weighted by molar-refractivity contribution is -0.119. The zero-order chi connectivity index (χ0) is 25.7. The van der Waals surface area contributed by atoms with Gasteiger partial charge in [0.25, 0.3) is 5.91 Å². The number of rotatable bonds is 9. The number of aromatic nitrogens is 3. The van der Waals surface area contributed by atoms with Crippen LogP contribution in [0.4, 0.5) is 5.69 Å². The number of hydrogen-bond acceptors (Lipinski definition) is 6. The molecule has 3 aromatic rings. The molecule has 192 valence electrons. The molecule has 0 aliphatic carbocycles. The molecule has 0 radical (unpaired) electrons. The number of imidazole rings is 1. The summed E-state index contributed by atoms with van der Waals surface area (Å²) in [7, 11) is 3.34. The number of ether oxygens (including phenoxy) is 1. The van der Waals surface area contributed by atoms with Gasteiger partial charge in [0.1, 0.15) is 12.4 Å². The number of nitrogens with zero attached hydrogens (tertiary/aromatic N) is 5. The number of benzene rings is 1. The molecular weight excluding hydrogens is 456 g/mol. The van der Waals surface area contributed by atoms with E-state index in [0.717, 1.165) is 49.4 Å². The van der Waals surface area contributed by atoms with Gasteiger partial charge in [0.05, 0.1) is 16.6 Å². The normalized spacial score (nSPS) is 16.3. The predicted octanol–water partition coefficient (Wildman–Crippen LogP) is 3.51. The number of fused-ring (bicyclic) bond motifs is 1. The van der Waals surface area contributed by atoms with Crippen molar-refractivity contribution in [2.24, 2.45) is 5.92 Å². The Bertz CT molecular complexity index is 1210. The van der Waals surface area contributed by atoms with Crippen molar-refractivity contribution in [3.05, 3.63) is 42.2 Å². The Kier molecular flexibility index (Phi) is 8.32. The molecule has 0 spiro atoms. The highest BCUT2D eigenvalue weighted by Gasteiger charge is 2.26. The molecule has 9 heteroatoms. The van der Waals surface area contributed by atoms with Crippen LogP contribution in [0, 0.1) is 5.92 Å². The van der Waals surface area contributed by atoms with E-state index in [0.29, 0.717) is 35.8 Å². The van der Waals surface area contributed by atoms with Crippen molar-refractivity contribution in [2.45, 2.75) is 33.2 Å². The van der Waals surface area contributed by atoms with Crippen LogP contribution in [-0.4, -0.2) is 83.1 Å². The van der Waals surface area contributed by atoms with Gasteiger partial charge in [-0.1, -0.05) is 6.92 Å². The molecule has 1 aromatic carbocycles. The van der Waals surface area contributed by atoms with Crippen molar-refractivity contribution < 1.29 is 14.3 Å². The SMILES string of the molecule is CCN1CCCC(CN(C)C(=O)c2cc(NC(=O)COC)cc3nc(-c4cccnc4)n(CC)c23)C1. The fraction of sp³-hybridized carbons (Fsp3) is 0.481. The van der Waals surface area contributed by atoms with Crippen molar-refractivity contribution in [2.75, 3.05) is 52.3 Å². The van der Waals surface area contributed by atoms with Crippen LogP contribution in [0.25, 0.3) is 22.4 Å². The van der Waals surface area contributed by atoms with Gasteiger partial charge in [-0.15, -0.1) is 0 Å². The summed E-state index contributed by atoms with van der Waals surface area (Å²) in [4.78, 5) is 39.5. The van der Waals surface area contributed by atoms with E-state index in [1.807, 2.05) is 41.6 Å². The Morgan fingerprint density at radius 3 is 2.78 bits per heavy atom. The number of carbonyl (C=O) groups is 2. The Labute approximate surface area is 212 Å². The second-order valence-corrected chi connectivity index (χ2v) is 9.38. The highest BCUT2D eigenvalue weighted by atomic mass is 16.5. The number of methoxy groups -OCH3 is 1. The number of anilines is 1. The highest BCUT2D eigenvalue weighted by Crippen LogP contribution is 2.31. The van der Waals surface area contributed by atoms with Crippen LogP contribution in [-0.2, 0) is 16.1 Å². The minimum Gasteiger partial charge on any atom is -0.375 e. The number of likely N-dealkylation sites (tertiary alicyclic amines) is 1. The third-order valence-corrected chi connectivity index (χ3v) is 6.80. The lowest BCUT2D eigenvalue weighted by atomic mass is 9.97. The Balaban J connectivity index is 1.74. The topological polar surface area (TPSA) is 92.6 Å². The minimum atomic E-state index is -0.284. The zero-order valence-electron chi connectivity index (χ0n) is 21.7. The molecule has 1 N–H and O–H groups in total. The summed E-state index contributed by atoms with van der Waals surface area (Å²) in [6.07, 6.45) is 5.77. The number of pyridine rings is 1. The first-order chi connectivity index (χ1) is 17.4. The minimum absolute atomic E-state index is 0.0683. The number of piperidine rings is 1. The number of aryl methyl sites for hydroxylation is 1. The standard InChI is InChI=1S/C27H36N6O3/c1-5-32-12-8-9-19(17-32)16-31(3)27(35)22-13-21(29-24(34)18-36-4)14-23-25(22)33(6-2)26(30-23)20-10-7-11-28-15-20/h7,10-11,13-15,19H,5-6,8-9,12,16-18H2,1-4H3,(H,29,34). The van der Waals surface area contributed by atoms with Gasteiger partial charge in [-0.25, -0.2) is 4.98 Å². The second-order valence-electron chi connectivity index (χ2n) is 9.38. The van der Waals surface area contributed by atoms with Crippen LogP contribution in [0.3, 0.4) is 0 Å². The molecule has 1 aliphatic rings. The molecule has 1 aliphatic heterocycles. The summed E-state index contributed by atoms with van der Waals surface area (Å²) in [6.45, 7) is 8.64. The van der Waals surface area contributed by atoms with Crippen molar-refractivity contribution in [3.63, 3.8) is 0 Å². The zero-order valence-corrected chi connectivity index (χ0v) is 21.7. The molecule has 1 atom stereocenters. The second kappa shape index (κ2) is 11.6. The summed E-state index contributed by atoms with van der Waals surface area (Å²) in [5, 5.41) is 2.85. The molecular formula is C27H36N6O3. The average Bonchev–Trinajstić information content (AvgIpc) is 3.27. The van der Waals surface area contributed by atoms with Crippen LogP contribution >= 0.6 is 0 Å². The van der Waals surface area contributed by atoms with Crippen LogP contribution in [0.5, 0.6) is 0 Å². The first kappa shape index (κ1) is 25.8. The maximum Gasteiger partial charge on any atom is 0.255 e. The molecule has 3 heterocycles. The van der Waals surface area contributed by atoms with E-state index >= 15 is 0 Å². The quantitative estimate of drug-likeness (QED) is 0.492. The smallest absolute Gasteiger partial charge is 0.255 e. The van der Waals surface area contributed by atoms with Gasteiger partial charge in [-0.2, -0.15) is 0 Å². The molecule has 9 nitrogen and oxygen atoms in total. The van der Waals surface area contributed by atoms with Crippen molar-refractivity contribution in [1.82, 2.24) is 24.3 Å². The van der Waals surface area contributed by atoms with E-state index in [2.05, 4.69) is 22.1 Å². The predicted molar refractivity (Wildman–Crippen MR) is 141 cm³/mol. The van der Waals surface area contributed by atoms with Crippen molar-refractivity contribution in [3.8, 4) is 11.4 Å². The van der Waals surface area contributed by atoms with Crippen molar-refractivity contribution in [1.29, 1.82) is 0 Å². The number of nitrogens with one attached hydrogen (secondary N) is 1. The maximum absolute atomic E-state index is 13.9. The highest BCUT2D eigenvalue weighted by molar-refractivity contribution is 6.08. The van der Waals surface area contributed by atoms with E-state index in [4.69, 9.17) is 9.72 Å². The largest absolute Gasteiger partial charge is 0.375 e. The maximum atomic E-state index is 13.9. The lowest BCUT2D eigenvalue weighted by Gasteiger charge is -2.34. The van der Waals surface area contributed by atoms with Crippen LogP contribution in [0.15, 0.2) is 36.7 Å². The molecule has 2 amide bonds. The molecule has 1 saturated heterocycles. The van der Waals surface area contributed by atoms with Gasteiger partial charge in [0, 0.05) is 57.4 Å². The summed E-state index contributed by atoms with van der Waals surface area (Å²) >= 11 is 0. The van der Waals surface area contributed by atoms with Crippen LogP contribution in [0.1, 0.15) is 37.0 Å². The summed E-state index contributed by atoms with van der Waals surface area (Å²) in [5.74, 6) is 0.815. The van der Waals surface area contributed by atoms with Gasteiger partial charge in [-0.05, 0) is 63.0 Å². The monoisotopic (exact) mass is 492 g/mol. The Morgan fingerprint density at radius 2 is 2.08 bits per heavy atom. The molecule has 2 aromatic heterocycles. The molecule has 0 saturated carbocycles. The Morgan fingerprint density at radius 1 is 1.25 bits per heavy atom. The van der Waals surface area contributed by atoms with Gasteiger partial charge in [-0.3, -0.25) is 14.6 Å². The molecule has 4 rings (SSSR count).